The summed E-state index contributed by atoms with van der Waals surface area (Å²) in [6.45, 7) is 3.04. The highest BCUT2D eigenvalue weighted by Crippen LogP contribution is 2.23. The van der Waals surface area contributed by atoms with Gasteiger partial charge in [-0.3, -0.25) is 4.79 Å². The fourth-order valence-electron chi connectivity index (χ4n) is 2.59. The number of esters is 1. The van der Waals surface area contributed by atoms with E-state index in [1.807, 2.05) is 13.8 Å². The van der Waals surface area contributed by atoms with Crippen LogP contribution in [0.25, 0.3) is 0 Å². The second-order valence-electron chi connectivity index (χ2n) is 6.70. The van der Waals surface area contributed by atoms with Crippen LogP contribution < -0.4 is 10.6 Å². The lowest BCUT2D eigenvalue weighted by molar-refractivity contribution is -0.125. The van der Waals surface area contributed by atoms with Crippen LogP contribution in [0, 0.1) is 12.3 Å². The third-order valence-corrected chi connectivity index (χ3v) is 6.42. The lowest BCUT2D eigenvalue weighted by Crippen LogP contribution is -2.48. The van der Waals surface area contributed by atoms with Crippen molar-refractivity contribution >= 4 is 27.6 Å². The minimum atomic E-state index is -3.79. The molecule has 1 aromatic rings. The van der Waals surface area contributed by atoms with Crippen LogP contribution in [0.2, 0.25) is 0 Å². The van der Waals surface area contributed by atoms with Crippen molar-refractivity contribution in [3.63, 3.8) is 0 Å². The summed E-state index contributed by atoms with van der Waals surface area (Å²) in [5.74, 6) is 1.10. The van der Waals surface area contributed by atoms with Gasteiger partial charge in [-0.15, -0.1) is 6.42 Å². The predicted molar refractivity (Wildman–Crippen MR) is 113 cm³/mol. The van der Waals surface area contributed by atoms with Gasteiger partial charge in [-0.2, -0.15) is 0 Å². The smallest absolute Gasteiger partial charge is 0.340 e. The van der Waals surface area contributed by atoms with Gasteiger partial charge < -0.3 is 20.5 Å². The normalized spacial score (nSPS) is 11.6. The summed E-state index contributed by atoms with van der Waals surface area (Å²) in [6.07, 6.45) is 6.54. The van der Waals surface area contributed by atoms with Gasteiger partial charge in [0.05, 0.1) is 17.1 Å². The first-order valence-electron chi connectivity index (χ1n) is 9.44. The Morgan fingerprint density at radius 1 is 1.27 bits per heavy atom. The fourth-order valence-corrected chi connectivity index (χ4v) is 3.52. The van der Waals surface area contributed by atoms with Gasteiger partial charge in [0.2, 0.25) is 10.0 Å². The van der Waals surface area contributed by atoms with Crippen LogP contribution >= 0.6 is 0 Å². The van der Waals surface area contributed by atoms with Gasteiger partial charge in [-0.05, 0) is 31.0 Å². The van der Waals surface area contributed by atoms with E-state index < -0.39 is 34.0 Å². The number of aliphatic hydroxyl groups is 1. The topological polar surface area (TPSA) is 125 Å². The van der Waals surface area contributed by atoms with Crippen LogP contribution in [0.1, 0.15) is 37.0 Å². The molecule has 166 valence electrons. The van der Waals surface area contributed by atoms with Crippen molar-refractivity contribution in [2.75, 3.05) is 39.2 Å². The number of hydrogen-bond acceptors (Lipinski definition) is 7. The van der Waals surface area contributed by atoms with Crippen LogP contribution in [-0.4, -0.2) is 69.1 Å². The summed E-state index contributed by atoms with van der Waals surface area (Å²) in [5.41, 5.74) is -0.627. The maximum absolute atomic E-state index is 12.6. The van der Waals surface area contributed by atoms with Crippen molar-refractivity contribution < 1.29 is 27.9 Å². The molecule has 10 heteroatoms. The Morgan fingerprint density at radius 3 is 2.40 bits per heavy atom. The van der Waals surface area contributed by atoms with Crippen LogP contribution in [-0.2, 0) is 19.6 Å². The average Bonchev–Trinajstić information content (AvgIpc) is 2.74. The molecule has 0 atom stereocenters. The zero-order valence-corrected chi connectivity index (χ0v) is 18.5. The molecule has 0 spiro atoms. The molecule has 0 aliphatic heterocycles. The van der Waals surface area contributed by atoms with Gasteiger partial charge in [-0.25, -0.2) is 17.5 Å². The van der Waals surface area contributed by atoms with Gasteiger partial charge in [0, 0.05) is 26.3 Å². The number of nitrogens with zero attached hydrogens (tertiary/aromatic N) is 1. The fraction of sp³-hybridized carbons (Fsp3) is 0.500. The lowest BCUT2D eigenvalue weighted by atomic mass is 9.94. The first-order chi connectivity index (χ1) is 14.1. The van der Waals surface area contributed by atoms with Crippen LogP contribution in [0.15, 0.2) is 23.1 Å². The summed E-state index contributed by atoms with van der Waals surface area (Å²) < 4.78 is 30.9. The Bertz CT molecular complexity index is 902. The third-order valence-electron chi connectivity index (χ3n) is 4.61. The highest BCUT2D eigenvalue weighted by molar-refractivity contribution is 7.89. The van der Waals surface area contributed by atoms with Gasteiger partial charge in [0.25, 0.3) is 5.91 Å². The Hall–Kier alpha value is -2.61. The van der Waals surface area contributed by atoms with E-state index in [9.17, 15) is 18.0 Å². The molecule has 0 fully saturated rings. The zero-order chi connectivity index (χ0) is 22.9. The van der Waals surface area contributed by atoms with Crippen LogP contribution in [0.4, 0.5) is 5.69 Å². The first kappa shape index (κ1) is 25.4. The molecular weight excluding hydrogens is 410 g/mol. The van der Waals surface area contributed by atoms with E-state index >= 15 is 0 Å². The molecule has 0 heterocycles. The number of ether oxygens (including phenoxy) is 1. The molecule has 0 saturated heterocycles. The molecule has 0 aliphatic carbocycles. The van der Waals surface area contributed by atoms with Crippen molar-refractivity contribution in [1.82, 2.24) is 9.62 Å². The quantitative estimate of drug-likeness (QED) is 0.344. The highest BCUT2D eigenvalue weighted by Gasteiger charge is 2.26. The molecule has 30 heavy (non-hydrogen) atoms. The number of anilines is 1. The molecule has 3 N–H and O–H groups in total. The number of nitrogens with one attached hydrogen (secondary N) is 2. The molecule has 0 bridgehead atoms. The number of aliphatic hydroxyl groups excluding tert-OH is 1. The van der Waals surface area contributed by atoms with E-state index in [1.165, 1.54) is 32.3 Å². The molecule has 1 rings (SSSR count). The van der Waals surface area contributed by atoms with Gasteiger partial charge in [-0.1, -0.05) is 19.8 Å². The predicted octanol–water partition coefficient (Wildman–Crippen LogP) is 0.806. The van der Waals surface area contributed by atoms with Crippen molar-refractivity contribution in [1.29, 1.82) is 0 Å². The Morgan fingerprint density at radius 2 is 1.90 bits per heavy atom. The first-order valence-corrected chi connectivity index (χ1v) is 10.9. The minimum Gasteiger partial charge on any atom is -0.452 e. The van der Waals surface area contributed by atoms with E-state index in [0.29, 0.717) is 12.8 Å². The second-order valence-corrected chi connectivity index (χ2v) is 8.85. The molecule has 0 unspecified atom stereocenters. The number of carbonyl (C=O) groups excluding carboxylic acids is 2. The third kappa shape index (κ3) is 6.19. The number of rotatable bonds is 11. The number of benzene rings is 1. The van der Waals surface area contributed by atoms with Crippen LogP contribution in [0.5, 0.6) is 0 Å². The average molecular weight is 440 g/mol. The number of sulfonamides is 1. The number of amides is 1. The SMILES string of the molecule is C#CC(CC)(CC)NC(=O)COC(=O)c1cc(S(=O)(=O)N(C)C)ccc1NCCO. The maximum atomic E-state index is 12.6. The van der Waals surface area contributed by atoms with Gasteiger partial charge in [0.15, 0.2) is 6.61 Å². The monoisotopic (exact) mass is 439 g/mol. The lowest BCUT2D eigenvalue weighted by Gasteiger charge is -2.26. The molecule has 0 saturated carbocycles. The maximum Gasteiger partial charge on any atom is 0.340 e. The Labute approximate surface area is 177 Å². The summed E-state index contributed by atoms with van der Waals surface area (Å²) in [4.78, 5) is 24.7. The van der Waals surface area contributed by atoms with E-state index in [2.05, 4.69) is 16.6 Å². The van der Waals surface area contributed by atoms with Crippen molar-refractivity contribution in [2.45, 2.75) is 37.1 Å². The van der Waals surface area contributed by atoms with Crippen LogP contribution in [0.3, 0.4) is 0 Å². The molecule has 1 amide bonds. The summed E-state index contributed by atoms with van der Waals surface area (Å²) in [5, 5.41) is 14.5. The second kappa shape index (κ2) is 11.0. The molecule has 0 aromatic heterocycles. The molecule has 1 aromatic carbocycles. The Balaban J connectivity index is 3.08. The summed E-state index contributed by atoms with van der Waals surface area (Å²) >= 11 is 0. The Kier molecular flexibility index (Phi) is 9.29. The number of terminal acetylenes is 1. The molecular formula is C20H29N3O6S. The summed E-state index contributed by atoms with van der Waals surface area (Å²) in [7, 11) is -1.05. The van der Waals surface area contributed by atoms with E-state index in [0.717, 1.165) is 4.31 Å². The summed E-state index contributed by atoms with van der Waals surface area (Å²) in [6, 6.07) is 3.90. The molecule has 9 nitrogen and oxygen atoms in total. The van der Waals surface area contributed by atoms with Gasteiger partial charge in [0.1, 0.15) is 5.54 Å². The largest absolute Gasteiger partial charge is 0.452 e. The van der Waals surface area contributed by atoms with Gasteiger partial charge >= 0.3 is 5.97 Å². The molecule has 0 aliphatic rings. The zero-order valence-electron chi connectivity index (χ0n) is 17.7. The van der Waals surface area contributed by atoms with Crippen molar-refractivity contribution in [2.24, 2.45) is 0 Å². The van der Waals surface area contributed by atoms with Crippen molar-refractivity contribution in [3.8, 4) is 12.3 Å². The molecule has 0 radical (unpaired) electrons. The minimum absolute atomic E-state index is 0.0756. The van der Waals surface area contributed by atoms with E-state index in [4.69, 9.17) is 16.3 Å². The highest BCUT2D eigenvalue weighted by atomic mass is 32.2. The number of carbonyl (C=O) groups is 2. The van der Waals surface area contributed by atoms with E-state index in [1.54, 1.807) is 0 Å². The van der Waals surface area contributed by atoms with Crippen molar-refractivity contribution in [3.05, 3.63) is 23.8 Å². The number of hydrogen-bond donors (Lipinski definition) is 3. The van der Waals surface area contributed by atoms with E-state index in [-0.39, 0.29) is 29.3 Å². The standard InChI is InChI=1S/C20H29N3O6S/c1-6-20(7-2,8-3)22-18(25)14-29-19(26)16-13-15(30(27,28)23(4)5)9-10-17(16)21-11-12-24/h1,9-10,13,21,24H,7-8,11-12,14H2,2-5H3,(H,22,25).